The molecule has 1 saturated carbocycles. The zero-order valence-electron chi connectivity index (χ0n) is 12.7. The number of hydrogen-bond donors (Lipinski definition) is 1. The summed E-state index contributed by atoms with van der Waals surface area (Å²) in [5.74, 6) is 0. The molecule has 0 heterocycles. The van der Waals surface area contributed by atoms with Gasteiger partial charge in [-0.1, -0.05) is 36.8 Å². The molecule has 4 nitrogen and oxygen atoms in total. The third-order valence-corrected chi connectivity index (χ3v) is 6.00. The minimum atomic E-state index is -2.94. The van der Waals surface area contributed by atoms with Gasteiger partial charge in [0.25, 0.3) is 0 Å². The number of rotatable bonds is 6. The minimum absolute atomic E-state index is 0.188. The Labute approximate surface area is 128 Å². The van der Waals surface area contributed by atoms with Crippen LogP contribution in [0.1, 0.15) is 31.2 Å². The van der Waals surface area contributed by atoms with Gasteiger partial charge >= 0.3 is 0 Å². The molecule has 2 rings (SSSR count). The number of benzene rings is 1. The Balaban J connectivity index is 2.07. The van der Waals surface area contributed by atoms with Crippen molar-refractivity contribution in [2.45, 2.75) is 43.5 Å². The van der Waals surface area contributed by atoms with Crippen LogP contribution in [0.5, 0.6) is 0 Å². The molecule has 0 saturated heterocycles. The minimum Gasteiger partial charge on any atom is -0.329 e. The highest BCUT2D eigenvalue weighted by Gasteiger charge is 2.31. The molecule has 1 aromatic carbocycles. The maximum Gasteiger partial charge on any atom is 0.150 e. The molecule has 0 spiro atoms. The number of nitrogens with zero attached hydrogens (tertiary/aromatic N) is 1. The molecule has 2 N–H and O–H groups in total. The van der Waals surface area contributed by atoms with Gasteiger partial charge in [0.05, 0.1) is 5.25 Å². The third kappa shape index (κ3) is 4.80. The quantitative estimate of drug-likeness (QED) is 0.870. The smallest absolute Gasteiger partial charge is 0.150 e. The zero-order chi connectivity index (χ0) is 15.3. The van der Waals surface area contributed by atoms with Crippen molar-refractivity contribution in [2.24, 2.45) is 5.73 Å². The molecule has 118 valence electrons. The molecule has 21 heavy (non-hydrogen) atoms. The number of hydrogen-bond acceptors (Lipinski definition) is 4. The molecular weight excluding hydrogens is 284 g/mol. The van der Waals surface area contributed by atoms with Crippen LogP contribution in [0.4, 0.5) is 0 Å². The van der Waals surface area contributed by atoms with Crippen LogP contribution in [0.25, 0.3) is 0 Å². The van der Waals surface area contributed by atoms with Gasteiger partial charge in [0.1, 0.15) is 9.84 Å². The van der Waals surface area contributed by atoms with Gasteiger partial charge in [-0.05, 0) is 24.8 Å². The van der Waals surface area contributed by atoms with Crippen molar-refractivity contribution in [1.82, 2.24) is 4.90 Å². The summed E-state index contributed by atoms with van der Waals surface area (Å²) in [7, 11) is -2.94. The second-order valence-corrected chi connectivity index (χ2v) is 8.34. The Morgan fingerprint density at radius 1 is 1.24 bits per heavy atom. The largest absolute Gasteiger partial charge is 0.329 e. The van der Waals surface area contributed by atoms with Crippen molar-refractivity contribution in [3.05, 3.63) is 35.9 Å². The molecule has 1 aromatic rings. The van der Waals surface area contributed by atoms with E-state index in [0.29, 0.717) is 12.6 Å². The maximum atomic E-state index is 11.8. The van der Waals surface area contributed by atoms with Gasteiger partial charge < -0.3 is 5.73 Å². The van der Waals surface area contributed by atoms with Crippen LogP contribution in [-0.4, -0.2) is 44.0 Å². The van der Waals surface area contributed by atoms with Crippen molar-refractivity contribution in [3.8, 4) is 0 Å². The molecule has 5 heteroatoms. The molecule has 0 aliphatic heterocycles. The zero-order valence-corrected chi connectivity index (χ0v) is 13.6. The fourth-order valence-corrected chi connectivity index (χ4v) is 4.38. The molecule has 0 bridgehead atoms. The second-order valence-electron chi connectivity index (χ2n) is 6.02. The van der Waals surface area contributed by atoms with E-state index in [2.05, 4.69) is 17.0 Å². The van der Waals surface area contributed by atoms with Crippen LogP contribution < -0.4 is 5.73 Å². The lowest BCUT2D eigenvalue weighted by atomic mass is 9.93. The first-order valence-electron chi connectivity index (χ1n) is 7.67. The van der Waals surface area contributed by atoms with E-state index < -0.39 is 9.84 Å². The van der Waals surface area contributed by atoms with Gasteiger partial charge in [-0.2, -0.15) is 0 Å². The van der Waals surface area contributed by atoms with Crippen LogP contribution in [0.2, 0.25) is 0 Å². The van der Waals surface area contributed by atoms with E-state index in [1.54, 1.807) is 0 Å². The van der Waals surface area contributed by atoms with Gasteiger partial charge in [0, 0.05) is 31.9 Å². The molecule has 1 fully saturated rings. The molecular formula is C16H26N2O2S. The van der Waals surface area contributed by atoms with Crippen molar-refractivity contribution >= 4 is 9.84 Å². The predicted molar refractivity (Wildman–Crippen MR) is 86.8 cm³/mol. The van der Waals surface area contributed by atoms with Crippen LogP contribution in [-0.2, 0) is 16.4 Å². The molecule has 0 radical (unpaired) electrons. The van der Waals surface area contributed by atoms with Crippen molar-refractivity contribution < 1.29 is 8.42 Å². The van der Waals surface area contributed by atoms with E-state index in [-0.39, 0.29) is 5.25 Å². The lowest BCUT2D eigenvalue weighted by Crippen LogP contribution is -2.43. The summed E-state index contributed by atoms with van der Waals surface area (Å²) in [6.45, 7) is 2.27. The standard InChI is InChI=1S/C16H26N2O2S/c1-21(19,20)16-9-5-8-15(12-16)18(11-10-17)13-14-6-3-2-4-7-14/h2-4,6-7,15-16H,5,8-13,17H2,1H3. The lowest BCUT2D eigenvalue weighted by molar-refractivity contribution is 0.153. The molecule has 2 atom stereocenters. The first-order valence-corrected chi connectivity index (χ1v) is 9.63. The molecule has 1 aliphatic rings. The summed E-state index contributed by atoms with van der Waals surface area (Å²) >= 11 is 0. The summed E-state index contributed by atoms with van der Waals surface area (Å²) in [4.78, 5) is 2.35. The van der Waals surface area contributed by atoms with Gasteiger partial charge in [0.15, 0.2) is 0 Å². The first kappa shape index (κ1) is 16.5. The van der Waals surface area contributed by atoms with Crippen LogP contribution in [0.15, 0.2) is 30.3 Å². The fraction of sp³-hybridized carbons (Fsp3) is 0.625. The fourth-order valence-electron chi connectivity index (χ4n) is 3.22. The maximum absolute atomic E-state index is 11.8. The van der Waals surface area contributed by atoms with Crippen LogP contribution in [0.3, 0.4) is 0 Å². The average Bonchev–Trinajstić information content (AvgIpc) is 2.47. The summed E-state index contributed by atoms with van der Waals surface area (Å²) in [5.41, 5.74) is 7.01. The van der Waals surface area contributed by atoms with E-state index >= 15 is 0 Å². The molecule has 0 amide bonds. The van der Waals surface area contributed by atoms with Gasteiger partial charge in [-0.25, -0.2) is 8.42 Å². The lowest BCUT2D eigenvalue weighted by Gasteiger charge is -2.37. The highest BCUT2D eigenvalue weighted by Crippen LogP contribution is 2.28. The predicted octanol–water partition coefficient (Wildman–Crippen LogP) is 1.80. The monoisotopic (exact) mass is 310 g/mol. The van der Waals surface area contributed by atoms with E-state index in [9.17, 15) is 8.42 Å². The van der Waals surface area contributed by atoms with Crippen LogP contribution >= 0.6 is 0 Å². The number of sulfone groups is 1. The Hall–Kier alpha value is -0.910. The number of nitrogens with two attached hydrogens (primary N) is 1. The van der Waals surface area contributed by atoms with Crippen molar-refractivity contribution in [3.63, 3.8) is 0 Å². The summed E-state index contributed by atoms with van der Waals surface area (Å²) in [5, 5.41) is -0.188. The van der Waals surface area contributed by atoms with Crippen molar-refractivity contribution in [1.29, 1.82) is 0 Å². The Bertz CT molecular complexity index is 530. The molecule has 0 aromatic heterocycles. The highest BCUT2D eigenvalue weighted by atomic mass is 32.2. The van der Waals surface area contributed by atoms with Gasteiger partial charge in [-0.15, -0.1) is 0 Å². The third-order valence-electron chi connectivity index (χ3n) is 4.37. The van der Waals surface area contributed by atoms with E-state index in [4.69, 9.17) is 5.73 Å². The van der Waals surface area contributed by atoms with Gasteiger partial charge in [-0.3, -0.25) is 4.90 Å². The highest BCUT2D eigenvalue weighted by molar-refractivity contribution is 7.91. The van der Waals surface area contributed by atoms with Gasteiger partial charge in [0.2, 0.25) is 0 Å². The van der Waals surface area contributed by atoms with E-state index in [1.165, 1.54) is 11.8 Å². The van der Waals surface area contributed by atoms with E-state index in [1.807, 2.05) is 18.2 Å². The topological polar surface area (TPSA) is 63.4 Å². The van der Waals surface area contributed by atoms with Crippen LogP contribution in [0, 0.1) is 0 Å². The Morgan fingerprint density at radius 3 is 2.57 bits per heavy atom. The Kier molecular flexibility index (Phi) is 5.79. The normalized spacial score (nSPS) is 23.4. The van der Waals surface area contributed by atoms with E-state index in [0.717, 1.165) is 38.8 Å². The summed E-state index contributed by atoms with van der Waals surface area (Å²) in [6.07, 6.45) is 4.96. The SMILES string of the molecule is CS(=O)(=O)C1CCCC(N(CCN)Cc2ccccc2)C1. The van der Waals surface area contributed by atoms with Crippen molar-refractivity contribution in [2.75, 3.05) is 19.3 Å². The molecule has 1 aliphatic carbocycles. The molecule has 2 unspecified atom stereocenters. The summed E-state index contributed by atoms with van der Waals surface area (Å²) < 4.78 is 23.7. The average molecular weight is 310 g/mol. The summed E-state index contributed by atoms with van der Waals surface area (Å²) in [6, 6.07) is 10.6. The Morgan fingerprint density at radius 2 is 1.95 bits per heavy atom. The first-order chi connectivity index (χ1) is 10.0. The second kappa shape index (κ2) is 7.38.